The first-order chi connectivity index (χ1) is 9.99. The minimum absolute atomic E-state index is 0.0498. The van der Waals surface area contributed by atoms with E-state index in [1.165, 1.54) is 0 Å². The number of rotatable bonds is 4. The summed E-state index contributed by atoms with van der Waals surface area (Å²) in [6, 6.07) is 5.65. The molecule has 0 saturated carbocycles. The summed E-state index contributed by atoms with van der Waals surface area (Å²) in [5.41, 5.74) is 1.68. The van der Waals surface area contributed by atoms with Crippen molar-refractivity contribution in [2.24, 2.45) is 5.92 Å². The molecule has 0 aliphatic carbocycles. The average Bonchev–Trinajstić information content (AvgIpc) is 2.47. The van der Waals surface area contributed by atoms with E-state index < -0.39 is 5.97 Å². The number of benzene rings is 1. The number of carbonyl (C=O) groups is 2. The van der Waals surface area contributed by atoms with E-state index in [-0.39, 0.29) is 12.3 Å². The largest absolute Gasteiger partial charge is 0.481 e. The van der Waals surface area contributed by atoms with E-state index in [1.807, 2.05) is 30.0 Å². The second kappa shape index (κ2) is 7.07. The molecule has 21 heavy (non-hydrogen) atoms. The van der Waals surface area contributed by atoms with Crippen LogP contribution >= 0.6 is 15.9 Å². The normalized spacial score (nSPS) is 18.6. The van der Waals surface area contributed by atoms with Gasteiger partial charge in [0.2, 0.25) is 0 Å². The van der Waals surface area contributed by atoms with Crippen LogP contribution in [0.2, 0.25) is 0 Å². The molecule has 1 aromatic rings. The molecule has 1 amide bonds. The smallest absolute Gasteiger partial charge is 0.303 e. The van der Waals surface area contributed by atoms with Crippen molar-refractivity contribution in [1.29, 1.82) is 0 Å². The predicted octanol–water partition coefficient (Wildman–Crippen LogP) is 3.47. The number of carboxylic acid groups (broad SMARTS) is 1. The Hall–Kier alpha value is -1.36. The molecule has 1 atom stereocenters. The maximum atomic E-state index is 12.6. The zero-order valence-electron chi connectivity index (χ0n) is 12.1. The summed E-state index contributed by atoms with van der Waals surface area (Å²) in [6.07, 6.45) is 2.79. The van der Waals surface area contributed by atoms with Crippen LogP contribution in [-0.4, -0.2) is 35.0 Å². The molecule has 4 nitrogen and oxygen atoms in total. The summed E-state index contributed by atoms with van der Waals surface area (Å²) < 4.78 is 0.938. The van der Waals surface area contributed by atoms with Crippen molar-refractivity contribution in [1.82, 2.24) is 4.90 Å². The first-order valence-corrected chi connectivity index (χ1v) is 8.04. The maximum absolute atomic E-state index is 12.6. The van der Waals surface area contributed by atoms with Crippen LogP contribution in [0.3, 0.4) is 0 Å². The quantitative estimate of drug-likeness (QED) is 0.901. The van der Waals surface area contributed by atoms with Crippen LogP contribution in [0.5, 0.6) is 0 Å². The van der Waals surface area contributed by atoms with Crippen molar-refractivity contribution in [2.45, 2.75) is 32.6 Å². The van der Waals surface area contributed by atoms with Gasteiger partial charge in [-0.25, -0.2) is 0 Å². The number of nitrogens with zero attached hydrogens (tertiary/aromatic N) is 1. The standard InChI is InChI=1S/C16H20BrNO3/c1-11-13(5-2-6-14(11)17)16(21)18-9-3-4-12(10-18)7-8-15(19)20/h2,5-6,12H,3-4,7-10H2,1H3,(H,19,20)/t12-/m1/s1. The number of hydrogen-bond acceptors (Lipinski definition) is 2. The zero-order chi connectivity index (χ0) is 15.4. The lowest BCUT2D eigenvalue weighted by Crippen LogP contribution is -2.40. The summed E-state index contributed by atoms with van der Waals surface area (Å²) in [5, 5.41) is 8.78. The Labute approximate surface area is 133 Å². The molecule has 0 radical (unpaired) electrons. The molecular formula is C16H20BrNO3. The fourth-order valence-corrected chi connectivity index (χ4v) is 3.19. The van der Waals surface area contributed by atoms with Crippen molar-refractivity contribution >= 4 is 27.8 Å². The number of likely N-dealkylation sites (tertiary alicyclic amines) is 1. The van der Waals surface area contributed by atoms with Gasteiger partial charge in [-0.05, 0) is 49.8 Å². The van der Waals surface area contributed by atoms with Gasteiger partial charge in [0.05, 0.1) is 0 Å². The fourth-order valence-electron chi connectivity index (χ4n) is 2.82. The van der Waals surface area contributed by atoms with E-state index in [2.05, 4.69) is 15.9 Å². The summed E-state index contributed by atoms with van der Waals surface area (Å²) >= 11 is 3.46. The van der Waals surface area contributed by atoms with E-state index in [9.17, 15) is 9.59 Å². The van der Waals surface area contributed by atoms with E-state index in [0.717, 1.165) is 35.0 Å². The summed E-state index contributed by atoms with van der Waals surface area (Å²) in [5.74, 6) is -0.415. The maximum Gasteiger partial charge on any atom is 0.303 e. The van der Waals surface area contributed by atoms with Crippen molar-refractivity contribution in [3.8, 4) is 0 Å². The first-order valence-electron chi connectivity index (χ1n) is 7.25. The summed E-state index contributed by atoms with van der Waals surface area (Å²) in [6.45, 7) is 3.36. The molecule has 5 heteroatoms. The van der Waals surface area contributed by atoms with Gasteiger partial charge in [0.15, 0.2) is 0 Å². The topological polar surface area (TPSA) is 57.6 Å². The van der Waals surface area contributed by atoms with Gasteiger partial charge in [-0.2, -0.15) is 0 Å². The van der Waals surface area contributed by atoms with Crippen molar-refractivity contribution in [3.05, 3.63) is 33.8 Å². The molecule has 1 aromatic carbocycles. The van der Waals surface area contributed by atoms with Gasteiger partial charge in [-0.15, -0.1) is 0 Å². The highest BCUT2D eigenvalue weighted by molar-refractivity contribution is 9.10. The summed E-state index contributed by atoms with van der Waals surface area (Å²) in [4.78, 5) is 25.2. The number of carbonyl (C=O) groups excluding carboxylic acids is 1. The lowest BCUT2D eigenvalue weighted by Gasteiger charge is -2.33. The van der Waals surface area contributed by atoms with Crippen LogP contribution in [0.25, 0.3) is 0 Å². The molecule has 1 N–H and O–H groups in total. The average molecular weight is 354 g/mol. The minimum atomic E-state index is -0.763. The SMILES string of the molecule is Cc1c(Br)cccc1C(=O)N1CCC[C@H](CCC(=O)O)C1. The third-order valence-electron chi connectivity index (χ3n) is 4.07. The van der Waals surface area contributed by atoms with E-state index >= 15 is 0 Å². The van der Waals surface area contributed by atoms with Gasteiger partial charge >= 0.3 is 5.97 Å². The Morgan fingerprint density at radius 1 is 1.43 bits per heavy atom. The van der Waals surface area contributed by atoms with Gasteiger partial charge in [0.25, 0.3) is 5.91 Å². The van der Waals surface area contributed by atoms with E-state index in [0.29, 0.717) is 18.9 Å². The lowest BCUT2D eigenvalue weighted by molar-refractivity contribution is -0.137. The second-order valence-electron chi connectivity index (χ2n) is 5.60. The molecule has 0 bridgehead atoms. The van der Waals surface area contributed by atoms with Crippen LogP contribution in [0, 0.1) is 12.8 Å². The van der Waals surface area contributed by atoms with E-state index in [1.54, 1.807) is 0 Å². The molecule has 0 spiro atoms. The number of amides is 1. The number of hydrogen-bond donors (Lipinski definition) is 1. The van der Waals surface area contributed by atoms with E-state index in [4.69, 9.17) is 5.11 Å². The fraction of sp³-hybridized carbons (Fsp3) is 0.500. The molecule has 1 heterocycles. The second-order valence-corrected chi connectivity index (χ2v) is 6.46. The van der Waals surface area contributed by atoms with Crippen LogP contribution in [0.15, 0.2) is 22.7 Å². The highest BCUT2D eigenvalue weighted by Crippen LogP contribution is 2.25. The molecule has 1 aliphatic heterocycles. The van der Waals surface area contributed by atoms with Gasteiger partial charge in [-0.3, -0.25) is 9.59 Å². The molecule has 0 unspecified atom stereocenters. The van der Waals surface area contributed by atoms with Gasteiger partial charge in [0, 0.05) is 29.5 Å². The van der Waals surface area contributed by atoms with Crippen LogP contribution in [-0.2, 0) is 4.79 Å². The number of piperidine rings is 1. The Kier molecular flexibility index (Phi) is 5.39. The highest BCUT2D eigenvalue weighted by Gasteiger charge is 2.25. The third-order valence-corrected chi connectivity index (χ3v) is 4.93. The first kappa shape index (κ1) is 16.0. The Morgan fingerprint density at radius 2 is 2.19 bits per heavy atom. The minimum Gasteiger partial charge on any atom is -0.481 e. The number of carboxylic acids is 1. The molecule has 2 rings (SSSR count). The van der Waals surface area contributed by atoms with Crippen LogP contribution in [0.1, 0.15) is 41.6 Å². The van der Waals surface area contributed by atoms with Crippen molar-refractivity contribution < 1.29 is 14.7 Å². The number of halogens is 1. The van der Waals surface area contributed by atoms with Crippen LogP contribution < -0.4 is 0 Å². The monoisotopic (exact) mass is 353 g/mol. The molecule has 1 aliphatic rings. The van der Waals surface area contributed by atoms with Gasteiger partial charge in [-0.1, -0.05) is 22.0 Å². The zero-order valence-corrected chi connectivity index (χ0v) is 13.7. The predicted molar refractivity (Wildman–Crippen MR) is 84.4 cm³/mol. The molecule has 0 aromatic heterocycles. The third kappa shape index (κ3) is 4.06. The summed E-state index contributed by atoms with van der Waals surface area (Å²) in [7, 11) is 0. The van der Waals surface area contributed by atoms with Crippen molar-refractivity contribution in [3.63, 3.8) is 0 Å². The van der Waals surface area contributed by atoms with Crippen LogP contribution in [0.4, 0.5) is 0 Å². The molecule has 1 saturated heterocycles. The van der Waals surface area contributed by atoms with Gasteiger partial charge in [0.1, 0.15) is 0 Å². The number of aliphatic carboxylic acids is 1. The highest BCUT2D eigenvalue weighted by atomic mass is 79.9. The molecule has 114 valence electrons. The lowest BCUT2D eigenvalue weighted by atomic mass is 9.92. The van der Waals surface area contributed by atoms with Gasteiger partial charge < -0.3 is 10.0 Å². The molecule has 1 fully saturated rings. The van der Waals surface area contributed by atoms with Crippen molar-refractivity contribution in [2.75, 3.05) is 13.1 Å². The Balaban J connectivity index is 2.05. The Bertz CT molecular complexity index is 544. The molecular weight excluding hydrogens is 334 g/mol. The Morgan fingerprint density at radius 3 is 2.90 bits per heavy atom.